The number of aromatic amines is 4. The van der Waals surface area contributed by atoms with Crippen molar-refractivity contribution in [2.75, 3.05) is 0 Å². The Hall–Kier alpha value is -3.95. The number of carbonyl (C=O) groups is 1. The second kappa shape index (κ2) is 20.0. The molecule has 2 amide bonds. The summed E-state index contributed by atoms with van der Waals surface area (Å²) >= 11 is 0. The molecular weight excluding hydrogens is 348 g/mol. The summed E-state index contributed by atoms with van der Waals surface area (Å²) in [5.74, 6) is 0. The average molecular weight is 364 g/mol. The molecule has 0 unspecified atom stereocenters. The van der Waals surface area contributed by atoms with Gasteiger partial charge in [0.25, 0.3) is 0 Å². The van der Waals surface area contributed by atoms with Crippen molar-refractivity contribution in [3.8, 4) is 0 Å². The first-order valence-electron chi connectivity index (χ1n) is 5.97. The van der Waals surface area contributed by atoms with Crippen LogP contribution in [-0.2, 0) is 0 Å². The number of urea groups is 1. The number of aromatic nitrogens is 12. The minimum atomic E-state index is -0.833. The van der Waals surface area contributed by atoms with Crippen molar-refractivity contribution in [2.24, 2.45) is 11.5 Å². The van der Waals surface area contributed by atoms with Crippen molar-refractivity contribution < 1.29 is 4.79 Å². The zero-order valence-corrected chi connectivity index (χ0v) is 13.8. The van der Waals surface area contributed by atoms with Crippen molar-refractivity contribution in [3.05, 3.63) is 49.6 Å². The Morgan fingerprint density at radius 1 is 0.520 bits per heavy atom. The molecule has 0 saturated heterocycles. The van der Waals surface area contributed by atoms with Gasteiger partial charge in [-0.1, -0.05) is 0 Å². The maximum atomic E-state index is 9.00. The fraction of sp³-hybridized carbons (Fsp3) is 0. The van der Waals surface area contributed by atoms with Crippen molar-refractivity contribution in [2.45, 2.75) is 0 Å². The molecule has 4 radical (unpaired) electrons. The lowest BCUT2D eigenvalue weighted by Gasteiger charge is -1.62. The Bertz CT molecular complexity index is 444. The summed E-state index contributed by atoms with van der Waals surface area (Å²) in [6, 6.07) is -0.833. The largest absolute Gasteiger partial charge is 0.352 e. The van der Waals surface area contributed by atoms with E-state index >= 15 is 0 Å². The third-order valence-corrected chi connectivity index (χ3v) is 1.32. The summed E-state index contributed by atoms with van der Waals surface area (Å²) in [6.45, 7) is 0. The summed E-state index contributed by atoms with van der Waals surface area (Å²) < 4.78 is 0. The normalized spacial score (nSPS) is 7.36. The third kappa shape index (κ3) is 25.4. The van der Waals surface area contributed by atoms with E-state index in [1.54, 1.807) is 49.6 Å². The Morgan fingerprint density at radius 2 is 0.640 bits per heavy atom. The van der Waals surface area contributed by atoms with Gasteiger partial charge in [0.15, 0.2) is 0 Å². The molecular formula is C9H16N14OSi. The first kappa shape index (κ1) is 23.3. The van der Waals surface area contributed by atoms with E-state index in [4.69, 9.17) is 4.79 Å². The van der Waals surface area contributed by atoms with Crippen LogP contribution in [0.3, 0.4) is 0 Å². The van der Waals surface area contributed by atoms with Gasteiger partial charge in [-0.2, -0.15) is 61.6 Å². The SMILES string of the molecule is NC(N)=O.[Si].c1cn[nH]n1.c1cn[nH]n1.c1cn[nH]n1.c1cn[nH]n1. The number of nitrogens with zero attached hydrogens (tertiary/aromatic N) is 8. The van der Waals surface area contributed by atoms with Crippen LogP contribution in [0.5, 0.6) is 0 Å². The number of hydrogen-bond donors (Lipinski definition) is 6. The van der Waals surface area contributed by atoms with Gasteiger partial charge in [0.05, 0.1) is 49.6 Å². The number of primary amides is 2. The highest BCUT2D eigenvalue weighted by Gasteiger charge is 1.61. The lowest BCUT2D eigenvalue weighted by atomic mass is 11.0. The Morgan fingerprint density at radius 3 is 0.680 bits per heavy atom. The standard InChI is InChI=1S/4C2H3N3.CH4N2O.Si/c4*1-2-4-5-3-1;2-1(3)4;/h4*1-2H,(H,3,4,5);(H4,2,3,4);. The molecule has 16 heteroatoms. The lowest BCUT2D eigenvalue weighted by molar-refractivity contribution is 0.256. The zero-order chi connectivity index (χ0) is 17.7. The molecule has 0 bridgehead atoms. The van der Waals surface area contributed by atoms with Crippen molar-refractivity contribution in [1.82, 2.24) is 61.6 Å². The van der Waals surface area contributed by atoms with Crippen LogP contribution in [0.1, 0.15) is 0 Å². The molecule has 0 aliphatic carbocycles. The molecule has 0 aliphatic heterocycles. The summed E-state index contributed by atoms with van der Waals surface area (Å²) in [4.78, 5) is 9.00. The van der Waals surface area contributed by atoms with Gasteiger partial charge in [0, 0.05) is 11.0 Å². The highest BCUT2D eigenvalue weighted by molar-refractivity contribution is 5.75. The number of nitrogens with one attached hydrogen (secondary N) is 4. The second-order valence-electron chi connectivity index (χ2n) is 3.03. The van der Waals surface area contributed by atoms with Crippen LogP contribution in [0.25, 0.3) is 0 Å². The fourth-order valence-electron chi connectivity index (χ4n) is 0.667. The van der Waals surface area contributed by atoms with Gasteiger partial charge in [0.1, 0.15) is 0 Å². The molecule has 0 spiro atoms. The molecule has 4 heterocycles. The maximum absolute atomic E-state index is 9.00. The summed E-state index contributed by atoms with van der Waals surface area (Å²) in [5, 5.41) is 37.3. The van der Waals surface area contributed by atoms with E-state index < -0.39 is 6.03 Å². The number of nitrogens with two attached hydrogens (primary N) is 2. The predicted molar refractivity (Wildman–Crippen MR) is 85.1 cm³/mol. The minimum absolute atomic E-state index is 0. The van der Waals surface area contributed by atoms with Gasteiger partial charge in [-0.05, 0) is 0 Å². The molecule has 4 aromatic heterocycles. The van der Waals surface area contributed by atoms with E-state index in [0.29, 0.717) is 0 Å². The van der Waals surface area contributed by atoms with E-state index in [0.717, 1.165) is 0 Å². The van der Waals surface area contributed by atoms with Crippen LogP contribution in [0.2, 0.25) is 0 Å². The van der Waals surface area contributed by atoms with Crippen LogP contribution >= 0.6 is 0 Å². The number of rotatable bonds is 0. The molecule has 132 valence electrons. The number of carbonyl (C=O) groups excluding carboxylic acids is 1. The quantitative estimate of drug-likeness (QED) is 0.186. The molecule has 0 aliphatic rings. The van der Waals surface area contributed by atoms with Crippen molar-refractivity contribution in [1.29, 1.82) is 0 Å². The summed E-state index contributed by atoms with van der Waals surface area (Å²) in [7, 11) is 0. The first-order chi connectivity index (χ1) is 11.7. The Labute approximate surface area is 145 Å². The molecule has 8 N–H and O–H groups in total. The second-order valence-corrected chi connectivity index (χ2v) is 3.03. The summed E-state index contributed by atoms with van der Waals surface area (Å²) in [6.07, 6.45) is 12.7. The van der Waals surface area contributed by atoms with Gasteiger partial charge in [-0.3, -0.25) is 0 Å². The molecule has 0 saturated carbocycles. The van der Waals surface area contributed by atoms with Gasteiger partial charge in [0.2, 0.25) is 0 Å². The minimum Gasteiger partial charge on any atom is -0.352 e. The average Bonchev–Trinajstić information content (AvgIpc) is 3.46. The Kier molecular flexibility index (Phi) is 18.7. The molecule has 15 nitrogen and oxygen atoms in total. The molecule has 0 fully saturated rings. The van der Waals surface area contributed by atoms with Crippen LogP contribution in [0, 0.1) is 0 Å². The highest BCUT2D eigenvalue weighted by Crippen LogP contribution is 1.57. The number of hydrogen-bond acceptors (Lipinski definition) is 9. The smallest absolute Gasteiger partial charge is 0.309 e. The van der Waals surface area contributed by atoms with E-state index in [1.807, 2.05) is 0 Å². The van der Waals surface area contributed by atoms with Gasteiger partial charge in [-0.25, -0.2) is 4.79 Å². The van der Waals surface area contributed by atoms with Gasteiger partial charge in [-0.15, -0.1) is 0 Å². The van der Waals surface area contributed by atoms with Gasteiger partial charge >= 0.3 is 6.03 Å². The van der Waals surface area contributed by atoms with Crippen LogP contribution in [-0.4, -0.2) is 78.6 Å². The molecule has 4 aromatic rings. The monoisotopic (exact) mass is 364 g/mol. The van der Waals surface area contributed by atoms with Crippen LogP contribution in [0.4, 0.5) is 4.79 Å². The van der Waals surface area contributed by atoms with Crippen LogP contribution < -0.4 is 11.5 Å². The van der Waals surface area contributed by atoms with Crippen molar-refractivity contribution >= 4 is 17.0 Å². The van der Waals surface area contributed by atoms with E-state index in [9.17, 15) is 0 Å². The third-order valence-electron chi connectivity index (χ3n) is 1.32. The predicted octanol–water partition coefficient (Wildman–Crippen LogP) is -2.14. The molecule has 25 heavy (non-hydrogen) atoms. The molecule has 4 rings (SSSR count). The maximum Gasteiger partial charge on any atom is 0.309 e. The fourth-order valence-corrected chi connectivity index (χ4v) is 0.667. The first-order valence-corrected chi connectivity index (χ1v) is 5.97. The molecule has 0 aromatic carbocycles. The topological polar surface area (TPSA) is 235 Å². The van der Waals surface area contributed by atoms with Crippen molar-refractivity contribution in [3.63, 3.8) is 0 Å². The lowest BCUT2D eigenvalue weighted by Crippen LogP contribution is -2.18. The van der Waals surface area contributed by atoms with E-state index in [1.165, 1.54) is 0 Å². The molecule has 0 atom stereocenters. The van der Waals surface area contributed by atoms with E-state index in [-0.39, 0.29) is 11.0 Å². The summed E-state index contributed by atoms with van der Waals surface area (Å²) in [5.41, 5.74) is 8.50. The van der Waals surface area contributed by atoms with Crippen LogP contribution in [0.15, 0.2) is 49.6 Å². The zero-order valence-electron chi connectivity index (χ0n) is 12.8. The Balaban J connectivity index is 0. The van der Waals surface area contributed by atoms with E-state index in [2.05, 4.69) is 73.1 Å². The number of amides is 2. The van der Waals surface area contributed by atoms with Gasteiger partial charge < -0.3 is 11.5 Å². The highest BCUT2D eigenvalue weighted by atomic mass is 28.1. The number of H-pyrrole nitrogens is 4.